The Hall–Kier alpha value is -1.84. The van der Waals surface area contributed by atoms with E-state index in [-0.39, 0.29) is 5.41 Å². The maximum atomic E-state index is 11.9. The molecule has 1 aromatic carbocycles. The van der Waals surface area contributed by atoms with E-state index >= 15 is 0 Å². The van der Waals surface area contributed by atoms with Gasteiger partial charge in [-0.15, -0.1) is 0 Å². The van der Waals surface area contributed by atoms with E-state index in [2.05, 4.69) is 4.74 Å². The highest BCUT2D eigenvalue weighted by molar-refractivity contribution is 5.95. The lowest BCUT2D eigenvalue weighted by molar-refractivity contribution is 0.0335. The second kappa shape index (κ2) is 6.36. The van der Waals surface area contributed by atoms with Gasteiger partial charge in [-0.25, -0.2) is 9.59 Å². The molecule has 0 aliphatic carbocycles. The monoisotopic (exact) mass is 264 g/mol. The van der Waals surface area contributed by atoms with Crippen molar-refractivity contribution >= 4 is 11.9 Å². The SMILES string of the molecule is CCC(C)(C)COC(=O)c1cccc(C(=O)OC)c1. The zero-order valence-corrected chi connectivity index (χ0v) is 11.9. The highest BCUT2D eigenvalue weighted by Crippen LogP contribution is 2.20. The fraction of sp³-hybridized carbons (Fsp3) is 0.467. The van der Waals surface area contributed by atoms with Gasteiger partial charge in [-0.1, -0.05) is 26.8 Å². The Kier molecular flexibility index (Phi) is 5.10. The van der Waals surface area contributed by atoms with Crippen LogP contribution in [0.2, 0.25) is 0 Å². The summed E-state index contributed by atoms with van der Waals surface area (Å²) < 4.78 is 9.87. The number of rotatable bonds is 5. The molecular formula is C15H20O4. The van der Waals surface area contributed by atoms with Crippen LogP contribution in [0, 0.1) is 5.41 Å². The molecule has 0 aliphatic heterocycles. The Morgan fingerprint density at radius 1 is 1.16 bits per heavy atom. The number of benzene rings is 1. The van der Waals surface area contributed by atoms with E-state index in [9.17, 15) is 9.59 Å². The fourth-order valence-electron chi connectivity index (χ4n) is 1.34. The summed E-state index contributed by atoms with van der Waals surface area (Å²) in [6, 6.07) is 6.33. The third-order valence-corrected chi connectivity index (χ3v) is 3.07. The molecule has 0 spiro atoms. The zero-order chi connectivity index (χ0) is 14.5. The van der Waals surface area contributed by atoms with E-state index in [1.807, 2.05) is 20.8 Å². The van der Waals surface area contributed by atoms with Crippen molar-refractivity contribution in [2.24, 2.45) is 5.41 Å². The zero-order valence-electron chi connectivity index (χ0n) is 11.9. The Morgan fingerprint density at radius 3 is 2.26 bits per heavy atom. The van der Waals surface area contributed by atoms with Gasteiger partial charge in [0.15, 0.2) is 0 Å². The van der Waals surface area contributed by atoms with E-state index < -0.39 is 11.9 Å². The number of hydrogen-bond acceptors (Lipinski definition) is 4. The maximum absolute atomic E-state index is 11.9. The second-order valence-electron chi connectivity index (χ2n) is 5.17. The van der Waals surface area contributed by atoms with Crippen LogP contribution in [0.5, 0.6) is 0 Å². The molecule has 0 N–H and O–H groups in total. The van der Waals surface area contributed by atoms with E-state index in [1.165, 1.54) is 13.2 Å². The minimum absolute atomic E-state index is 0.0460. The van der Waals surface area contributed by atoms with Crippen LogP contribution in [0.25, 0.3) is 0 Å². The third kappa shape index (κ3) is 4.39. The first-order chi connectivity index (χ1) is 8.89. The van der Waals surface area contributed by atoms with Gasteiger partial charge in [0, 0.05) is 0 Å². The van der Waals surface area contributed by atoms with E-state index in [4.69, 9.17) is 4.74 Å². The molecular weight excluding hydrogens is 244 g/mol. The van der Waals surface area contributed by atoms with Crippen LogP contribution in [-0.2, 0) is 9.47 Å². The summed E-state index contributed by atoms with van der Waals surface area (Å²) >= 11 is 0. The van der Waals surface area contributed by atoms with Gasteiger partial charge in [0.25, 0.3) is 0 Å². The summed E-state index contributed by atoms with van der Waals surface area (Å²) in [5.74, 6) is -0.893. The molecule has 1 rings (SSSR count). The summed E-state index contributed by atoms with van der Waals surface area (Å²) in [5.41, 5.74) is 0.650. The van der Waals surface area contributed by atoms with Crippen molar-refractivity contribution in [2.45, 2.75) is 27.2 Å². The van der Waals surface area contributed by atoms with Gasteiger partial charge >= 0.3 is 11.9 Å². The summed E-state index contributed by atoms with van der Waals surface area (Å²) in [6.45, 7) is 6.47. The molecule has 4 heteroatoms. The predicted molar refractivity (Wildman–Crippen MR) is 72.1 cm³/mol. The lowest BCUT2D eigenvalue weighted by Gasteiger charge is -2.21. The average molecular weight is 264 g/mol. The van der Waals surface area contributed by atoms with Crippen LogP contribution in [0.15, 0.2) is 24.3 Å². The molecule has 0 bridgehead atoms. The van der Waals surface area contributed by atoms with Gasteiger partial charge in [-0.2, -0.15) is 0 Å². The van der Waals surface area contributed by atoms with Crippen molar-refractivity contribution in [2.75, 3.05) is 13.7 Å². The number of hydrogen-bond donors (Lipinski definition) is 0. The molecule has 19 heavy (non-hydrogen) atoms. The maximum Gasteiger partial charge on any atom is 0.338 e. The van der Waals surface area contributed by atoms with Crippen molar-refractivity contribution in [3.05, 3.63) is 35.4 Å². The Balaban J connectivity index is 2.75. The molecule has 0 saturated carbocycles. The number of ether oxygens (including phenoxy) is 2. The highest BCUT2D eigenvalue weighted by atomic mass is 16.5. The van der Waals surface area contributed by atoms with Gasteiger partial charge in [0.1, 0.15) is 0 Å². The number of esters is 2. The van der Waals surface area contributed by atoms with Crippen molar-refractivity contribution in [3.63, 3.8) is 0 Å². The first-order valence-electron chi connectivity index (χ1n) is 6.25. The van der Waals surface area contributed by atoms with Crippen LogP contribution >= 0.6 is 0 Å². The summed E-state index contributed by atoms with van der Waals surface area (Å²) in [5, 5.41) is 0. The minimum Gasteiger partial charge on any atom is -0.465 e. The van der Waals surface area contributed by atoms with Crippen molar-refractivity contribution in [1.29, 1.82) is 0 Å². The molecule has 0 fully saturated rings. The lowest BCUT2D eigenvalue weighted by Crippen LogP contribution is -2.21. The van der Waals surface area contributed by atoms with Gasteiger partial charge in [-0.05, 0) is 30.0 Å². The second-order valence-corrected chi connectivity index (χ2v) is 5.17. The molecule has 104 valence electrons. The standard InChI is InChI=1S/C15H20O4/c1-5-15(2,3)10-19-14(17)12-8-6-7-11(9-12)13(16)18-4/h6-9H,5,10H2,1-4H3. The van der Waals surface area contributed by atoms with Crippen LogP contribution in [0.3, 0.4) is 0 Å². The normalized spacial score (nSPS) is 10.9. The molecule has 0 atom stereocenters. The minimum atomic E-state index is -0.469. The summed E-state index contributed by atoms with van der Waals surface area (Å²) in [4.78, 5) is 23.3. The Morgan fingerprint density at radius 2 is 1.74 bits per heavy atom. The van der Waals surface area contributed by atoms with Crippen LogP contribution < -0.4 is 0 Å². The molecule has 0 saturated heterocycles. The van der Waals surface area contributed by atoms with Gasteiger partial charge < -0.3 is 9.47 Å². The molecule has 4 nitrogen and oxygen atoms in total. The largest absolute Gasteiger partial charge is 0.465 e. The lowest BCUT2D eigenvalue weighted by atomic mass is 9.92. The van der Waals surface area contributed by atoms with Crippen molar-refractivity contribution in [1.82, 2.24) is 0 Å². The summed E-state index contributed by atoms with van der Waals surface area (Å²) in [7, 11) is 1.30. The van der Waals surface area contributed by atoms with Crippen molar-refractivity contribution < 1.29 is 19.1 Å². The molecule has 0 amide bonds. The van der Waals surface area contributed by atoms with E-state index in [0.29, 0.717) is 17.7 Å². The van der Waals surface area contributed by atoms with Gasteiger partial charge in [0.2, 0.25) is 0 Å². The first kappa shape index (κ1) is 15.2. The smallest absolute Gasteiger partial charge is 0.338 e. The highest BCUT2D eigenvalue weighted by Gasteiger charge is 2.19. The Bertz CT molecular complexity index is 463. The molecule has 0 radical (unpaired) electrons. The average Bonchev–Trinajstić information content (AvgIpc) is 2.44. The number of carbonyl (C=O) groups excluding carboxylic acids is 2. The quantitative estimate of drug-likeness (QED) is 0.767. The number of carbonyl (C=O) groups is 2. The van der Waals surface area contributed by atoms with E-state index in [1.54, 1.807) is 18.2 Å². The molecule has 0 heterocycles. The Labute approximate surface area is 113 Å². The van der Waals surface area contributed by atoms with Gasteiger partial charge in [-0.3, -0.25) is 0 Å². The number of methoxy groups -OCH3 is 1. The molecule has 0 unspecified atom stereocenters. The molecule has 1 aromatic rings. The van der Waals surface area contributed by atoms with Crippen LogP contribution in [0.4, 0.5) is 0 Å². The molecule has 0 aliphatic rings. The first-order valence-corrected chi connectivity index (χ1v) is 6.25. The topological polar surface area (TPSA) is 52.6 Å². The fourth-order valence-corrected chi connectivity index (χ4v) is 1.34. The van der Waals surface area contributed by atoms with Crippen LogP contribution in [-0.4, -0.2) is 25.7 Å². The predicted octanol–water partition coefficient (Wildman–Crippen LogP) is 3.07. The van der Waals surface area contributed by atoms with E-state index in [0.717, 1.165) is 6.42 Å². The molecule has 0 aromatic heterocycles. The summed E-state index contributed by atoms with van der Waals surface area (Å²) in [6.07, 6.45) is 0.919. The van der Waals surface area contributed by atoms with Crippen molar-refractivity contribution in [3.8, 4) is 0 Å². The van der Waals surface area contributed by atoms with Gasteiger partial charge in [0.05, 0.1) is 24.8 Å². The third-order valence-electron chi connectivity index (χ3n) is 3.07. The van der Waals surface area contributed by atoms with Crippen LogP contribution in [0.1, 0.15) is 47.9 Å².